The van der Waals surface area contributed by atoms with Crippen molar-refractivity contribution in [3.05, 3.63) is 48.2 Å². The fraction of sp³-hybridized carbons (Fsp3) is 0.480. The summed E-state index contributed by atoms with van der Waals surface area (Å²) in [4.78, 5) is 32.0. The molecule has 2 fully saturated rings. The van der Waals surface area contributed by atoms with Crippen molar-refractivity contribution in [2.75, 3.05) is 36.9 Å². The van der Waals surface area contributed by atoms with Crippen molar-refractivity contribution in [3.63, 3.8) is 0 Å². The average Bonchev–Trinajstić information content (AvgIpc) is 2.85. The molecule has 2 amide bonds. The van der Waals surface area contributed by atoms with Crippen LogP contribution in [0.15, 0.2) is 42.6 Å². The van der Waals surface area contributed by atoms with Crippen LogP contribution in [0.2, 0.25) is 0 Å². The lowest BCUT2D eigenvalue weighted by molar-refractivity contribution is -0.179. The average molecular weight is 490 g/mol. The van der Waals surface area contributed by atoms with Crippen LogP contribution in [0.3, 0.4) is 0 Å². The van der Waals surface area contributed by atoms with Crippen molar-refractivity contribution in [2.24, 2.45) is 11.8 Å². The van der Waals surface area contributed by atoms with Crippen molar-refractivity contribution in [1.82, 2.24) is 15.2 Å². The van der Waals surface area contributed by atoms with Gasteiger partial charge in [0.2, 0.25) is 11.8 Å². The number of likely N-dealkylation sites (tertiary alicyclic amines) is 1. The number of hydrogen-bond acceptors (Lipinski definition) is 5. The second-order valence-corrected chi connectivity index (χ2v) is 9.25. The minimum atomic E-state index is -4.11. The van der Waals surface area contributed by atoms with E-state index in [2.05, 4.69) is 15.6 Å². The number of aromatic nitrogens is 1. The Morgan fingerprint density at radius 1 is 1.09 bits per heavy atom. The topological polar surface area (TPSA) is 77.6 Å². The monoisotopic (exact) mass is 489 g/mol. The zero-order valence-electron chi connectivity index (χ0n) is 19.6. The molecule has 0 aliphatic carbocycles. The van der Waals surface area contributed by atoms with Gasteiger partial charge < -0.3 is 20.4 Å². The molecule has 0 saturated carbocycles. The standard InChI is InChI=1S/C25H30F3N5O2/c1-32-16-18(3-9-23(32)34)24(35)30-15-17-2-8-22(29-14-17)31-20-4-6-21(7-5-20)33-12-10-19(11-13-33)25(26,27)28/h2,4-8,14,18-19H,3,9-13,15-16H2,1H3,(H,29,31)(H,30,35). The van der Waals surface area contributed by atoms with E-state index in [1.54, 1.807) is 18.1 Å². The molecule has 4 rings (SSSR count). The van der Waals surface area contributed by atoms with Gasteiger partial charge in [0.15, 0.2) is 0 Å². The van der Waals surface area contributed by atoms with Gasteiger partial charge in [0.1, 0.15) is 5.82 Å². The van der Waals surface area contributed by atoms with Crippen LogP contribution in [0.5, 0.6) is 0 Å². The van der Waals surface area contributed by atoms with Crippen LogP contribution in [0.4, 0.5) is 30.4 Å². The maximum atomic E-state index is 12.9. The molecule has 35 heavy (non-hydrogen) atoms. The summed E-state index contributed by atoms with van der Waals surface area (Å²) in [5, 5.41) is 6.13. The highest BCUT2D eigenvalue weighted by atomic mass is 19.4. The summed E-state index contributed by atoms with van der Waals surface area (Å²) >= 11 is 0. The number of pyridine rings is 1. The van der Waals surface area contributed by atoms with Crippen LogP contribution in [0.25, 0.3) is 0 Å². The smallest absolute Gasteiger partial charge is 0.372 e. The molecule has 7 nitrogen and oxygen atoms in total. The molecule has 10 heteroatoms. The van der Waals surface area contributed by atoms with Crippen LogP contribution in [0, 0.1) is 11.8 Å². The first kappa shape index (κ1) is 24.8. The number of carbonyl (C=O) groups is 2. The maximum Gasteiger partial charge on any atom is 0.391 e. The minimum Gasteiger partial charge on any atom is -0.372 e. The predicted molar refractivity (Wildman–Crippen MR) is 127 cm³/mol. The highest BCUT2D eigenvalue weighted by Crippen LogP contribution is 2.35. The third-order valence-corrected chi connectivity index (χ3v) is 6.75. The molecule has 0 spiro atoms. The van der Waals surface area contributed by atoms with E-state index < -0.39 is 12.1 Å². The molecule has 2 aromatic rings. The second-order valence-electron chi connectivity index (χ2n) is 9.25. The number of hydrogen-bond donors (Lipinski definition) is 2. The molecule has 0 bridgehead atoms. The number of rotatable bonds is 6. The van der Waals surface area contributed by atoms with Crippen molar-refractivity contribution in [1.29, 1.82) is 0 Å². The molecule has 1 unspecified atom stereocenters. The first-order valence-corrected chi connectivity index (χ1v) is 11.8. The Morgan fingerprint density at radius 3 is 2.40 bits per heavy atom. The lowest BCUT2D eigenvalue weighted by Crippen LogP contribution is -2.43. The minimum absolute atomic E-state index is 0.0609. The first-order chi connectivity index (χ1) is 16.7. The van der Waals surface area contributed by atoms with Crippen LogP contribution in [-0.4, -0.2) is 54.6 Å². The van der Waals surface area contributed by atoms with Gasteiger partial charge in [0, 0.05) is 57.2 Å². The fourth-order valence-corrected chi connectivity index (χ4v) is 4.53. The van der Waals surface area contributed by atoms with Crippen LogP contribution in [-0.2, 0) is 16.1 Å². The Kier molecular flexibility index (Phi) is 7.47. The molecular formula is C25H30F3N5O2. The quantitative estimate of drug-likeness (QED) is 0.639. The van der Waals surface area contributed by atoms with E-state index in [9.17, 15) is 22.8 Å². The molecule has 2 N–H and O–H groups in total. The SMILES string of the molecule is CN1CC(C(=O)NCc2ccc(Nc3ccc(N4CCC(C(F)(F)F)CC4)cc3)nc2)CCC1=O. The fourth-order valence-electron chi connectivity index (χ4n) is 4.53. The van der Waals surface area contributed by atoms with E-state index in [1.807, 2.05) is 41.3 Å². The summed E-state index contributed by atoms with van der Waals surface area (Å²) in [6.07, 6.45) is -1.20. The molecule has 2 saturated heterocycles. The number of nitrogens with zero attached hydrogens (tertiary/aromatic N) is 3. The lowest BCUT2D eigenvalue weighted by atomic mass is 9.96. The van der Waals surface area contributed by atoms with Crippen LogP contribution >= 0.6 is 0 Å². The molecule has 2 aliphatic heterocycles. The van der Waals surface area contributed by atoms with Gasteiger partial charge in [-0.1, -0.05) is 6.07 Å². The maximum absolute atomic E-state index is 12.9. The largest absolute Gasteiger partial charge is 0.391 e. The van der Waals surface area contributed by atoms with Crippen LogP contribution in [0.1, 0.15) is 31.2 Å². The Bertz CT molecular complexity index is 1020. The van der Waals surface area contributed by atoms with Gasteiger partial charge >= 0.3 is 6.18 Å². The van der Waals surface area contributed by atoms with Gasteiger partial charge in [-0.15, -0.1) is 0 Å². The first-order valence-electron chi connectivity index (χ1n) is 11.8. The number of anilines is 3. The third kappa shape index (κ3) is 6.43. The van der Waals surface area contributed by atoms with E-state index in [0.717, 1.165) is 16.9 Å². The molecule has 2 aliphatic rings. The number of piperidine rings is 2. The van der Waals surface area contributed by atoms with E-state index in [0.29, 0.717) is 44.8 Å². The van der Waals surface area contributed by atoms with Gasteiger partial charge in [-0.3, -0.25) is 9.59 Å². The Balaban J connectivity index is 1.24. The molecule has 1 atom stereocenters. The lowest BCUT2D eigenvalue weighted by Gasteiger charge is -2.34. The Labute approximate surface area is 202 Å². The Morgan fingerprint density at radius 2 is 1.80 bits per heavy atom. The van der Waals surface area contributed by atoms with Crippen molar-refractivity contribution in [3.8, 4) is 0 Å². The van der Waals surface area contributed by atoms with Crippen LogP contribution < -0.4 is 15.5 Å². The highest BCUT2D eigenvalue weighted by molar-refractivity contribution is 5.83. The van der Waals surface area contributed by atoms with Crippen molar-refractivity contribution >= 4 is 29.0 Å². The van der Waals surface area contributed by atoms with E-state index in [4.69, 9.17) is 0 Å². The van der Waals surface area contributed by atoms with Gasteiger partial charge in [0.25, 0.3) is 0 Å². The molecule has 1 aromatic carbocycles. The summed E-state index contributed by atoms with van der Waals surface area (Å²) < 4.78 is 38.6. The predicted octanol–water partition coefficient (Wildman–Crippen LogP) is 4.09. The third-order valence-electron chi connectivity index (χ3n) is 6.75. The van der Waals surface area contributed by atoms with Crippen molar-refractivity contribution < 1.29 is 22.8 Å². The van der Waals surface area contributed by atoms with Crippen molar-refractivity contribution in [2.45, 2.75) is 38.4 Å². The molecular weight excluding hydrogens is 459 g/mol. The molecule has 0 radical (unpaired) electrons. The zero-order valence-corrected chi connectivity index (χ0v) is 19.6. The number of benzene rings is 1. The van der Waals surface area contributed by atoms with E-state index >= 15 is 0 Å². The number of carbonyl (C=O) groups excluding carboxylic acids is 2. The molecule has 1 aromatic heterocycles. The summed E-state index contributed by atoms with van der Waals surface area (Å²) in [6, 6.07) is 11.3. The zero-order chi connectivity index (χ0) is 25.0. The summed E-state index contributed by atoms with van der Waals surface area (Å²) in [6.45, 7) is 1.59. The summed E-state index contributed by atoms with van der Waals surface area (Å²) in [5.41, 5.74) is 2.59. The van der Waals surface area contributed by atoms with Gasteiger partial charge in [-0.05, 0) is 55.2 Å². The van der Waals surface area contributed by atoms with Gasteiger partial charge in [-0.2, -0.15) is 13.2 Å². The van der Waals surface area contributed by atoms with Gasteiger partial charge in [0.05, 0.1) is 11.8 Å². The van der Waals surface area contributed by atoms with Gasteiger partial charge in [-0.25, -0.2) is 4.98 Å². The number of halogens is 3. The highest BCUT2D eigenvalue weighted by Gasteiger charge is 2.41. The molecule has 3 heterocycles. The second kappa shape index (κ2) is 10.5. The Hall–Kier alpha value is -3.30. The molecule has 188 valence electrons. The summed E-state index contributed by atoms with van der Waals surface area (Å²) in [7, 11) is 1.71. The normalized spacial score (nSPS) is 19.5. The number of amides is 2. The summed E-state index contributed by atoms with van der Waals surface area (Å²) in [5.74, 6) is -0.741. The number of nitrogens with one attached hydrogen (secondary N) is 2. The van der Waals surface area contributed by atoms with E-state index in [1.165, 1.54) is 0 Å². The van der Waals surface area contributed by atoms with E-state index in [-0.39, 0.29) is 30.6 Å². The number of alkyl halides is 3.